The van der Waals surface area contributed by atoms with Crippen molar-refractivity contribution < 1.29 is 32.2 Å². The molecule has 1 aromatic heterocycles. The number of alkyl halides is 3. The van der Waals surface area contributed by atoms with Crippen molar-refractivity contribution in [1.29, 1.82) is 0 Å². The first-order valence-electron chi connectivity index (χ1n) is 8.28. The predicted octanol–water partition coefficient (Wildman–Crippen LogP) is 3.41. The molecule has 0 bridgehead atoms. The summed E-state index contributed by atoms with van der Waals surface area (Å²) in [5.74, 6) is 1.09. The van der Waals surface area contributed by atoms with E-state index in [0.29, 0.717) is 17.2 Å². The van der Waals surface area contributed by atoms with Crippen LogP contribution in [0.2, 0.25) is 0 Å². The molecule has 0 atom stereocenters. The second kappa shape index (κ2) is 7.83. The van der Waals surface area contributed by atoms with Crippen molar-refractivity contribution in [3.63, 3.8) is 0 Å². The molecule has 1 aliphatic heterocycles. The van der Waals surface area contributed by atoms with Gasteiger partial charge in [-0.25, -0.2) is 4.79 Å². The van der Waals surface area contributed by atoms with Crippen LogP contribution in [0, 0.1) is 0 Å². The van der Waals surface area contributed by atoms with Crippen LogP contribution in [0.1, 0.15) is 5.69 Å². The lowest BCUT2D eigenvalue weighted by atomic mass is 10.2. The number of halogens is 3. The van der Waals surface area contributed by atoms with Gasteiger partial charge in [-0.1, -0.05) is 0 Å². The highest BCUT2D eigenvalue weighted by Crippen LogP contribution is 2.31. The summed E-state index contributed by atoms with van der Waals surface area (Å²) in [4.78, 5) is 17.1. The molecule has 2 heterocycles. The number of methoxy groups -OCH3 is 2. The Morgan fingerprint density at radius 2 is 1.89 bits per heavy atom. The highest BCUT2D eigenvalue weighted by molar-refractivity contribution is 5.91. The Morgan fingerprint density at radius 3 is 2.54 bits per heavy atom. The number of hydrogen-bond donors (Lipinski definition) is 1. The fourth-order valence-corrected chi connectivity index (χ4v) is 2.61. The summed E-state index contributed by atoms with van der Waals surface area (Å²) in [6.07, 6.45) is -3.90. The molecule has 0 saturated carbocycles. The first kappa shape index (κ1) is 19.6. The molecule has 1 aromatic carbocycles. The maximum absolute atomic E-state index is 12.7. The number of pyridine rings is 1. The van der Waals surface area contributed by atoms with Crippen molar-refractivity contribution in [3.05, 3.63) is 42.2 Å². The highest BCUT2D eigenvalue weighted by Gasteiger charge is 2.35. The Kier molecular flexibility index (Phi) is 5.48. The van der Waals surface area contributed by atoms with E-state index in [2.05, 4.69) is 10.3 Å². The second-order valence-corrected chi connectivity index (χ2v) is 6.02. The molecule has 3 rings (SSSR count). The summed E-state index contributed by atoms with van der Waals surface area (Å²) in [6, 6.07) is 6.79. The lowest BCUT2D eigenvalue weighted by molar-refractivity contribution is -0.141. The van der Waals surface area contributed by atoms with E-state index in [0.717, 1.165) is 12.3 Å². The number of aromatic nitrogens is 1. The van der Waals surface area contributed by atoms with Crippen LogP contribution in [0.15, 0.2) is 36.5 Å². The summed E-state index contributed by atoms with van der Waals surface area (Å²) in [5, 5.41) is 2.72. The lowest BCUT2D eigenvalue weighted by Crippen LogP contribution is -2.57. The van der Waals surface area contributed by atoms with Gasteiger partial charge in [0, 0.05) is 18.3 Å². The molecule has 10 heteroatoms. The SMILES string of the molecule is COc1ccc(NC(=O)N2CC(Oc3ccnc(C(F)(F)F)c3)C2)c(OC)c1. The smallest absolute Gasteiger partial charge is 0.433 e. The number of anilines is 1. The molecule has 1 N–H and O–H groups in total. The van der Waals surface area contributed by atoms with Crippen LogP contribution in [0.5, 0.6) is 17.2 Å². The molecule has 1 fully saturated rings. The van der Waals surface area contributed by atoms with Crippen molar-refractivity contribution in [2.75, 3.05) is 32.6 Å². The van der Waals surface area contributed by atoms with Crippen LogP contribution in [0.4, 0.5) is 23.7 Å². The first-order chi connectivity index (χ1) is 13.3. The van der Waals surface area contributed by atoms with Crippen molar-refractivity contribution in [2.45, 2.75) is 12.3 Å². The van der Waals surface area contributed by atoms with E-state index in [1.165, 1.54) is 25.2 Å². The van der Waals surface area contributed by atoms with Gasteiger partial charge in [0.25, 0.3) is 0 Å². The zero-order chi connectivity index (χ0) is 20.3. The number of carbonyl (C=O) groups is 1. The zero-order valence-electron chi connectivity index (χ0n) is 15.1. The Morgan fingerprint density at radius 1 is 1.14 bits per heavy atom. The number of ether oxygens (including phenoxy) is 3. The Balaban J connectivity index is 1.55. The molecule has 28 heavy (non-hydrogen) atoms. The molecule has 1 saturated heterocycles. The molecule has 150 valence electrons. The van der Waals surface area contributed by atoms with E-state index in [1.807, 2.05) is 0 Å². The number of benzene rings is 1. The van der Waals surface area contributed by atoms with Crippen molar-refractivity contribution in [3.8, 4) is 17.2 Å². The average Bonchev–Trinajstić information content (AvgIpc) is 2.64. The Labute approximate surface area is 159 Å². The molecule has 0 aliphatic carbocycles. The van der Waals surface area contributed by atoms with Crippen molar-refractivity contribution >= 4 is 11.7 Å². The van der Waals surface area contributed by atoms with E-state index >= 15 is 0 Å². The van der Waals surface area contributed by atoms with Crippen LogP contribution in [-0.2, 0) is 6.18 Å². The maximum atomic E-state index is 12.7. The van der Waals surface area contributed by atoms with Crippen LogP contribution in [0.25, 0.3) is 0 Å². The summed E-state index contributed by atoms with van der Waals surface area (Å²) in [5.41, 5.74) is -0.549. The number of nitrogens with zero attached hydrogens (tertiary/aromatic N) is 2. The van der Waals surface area contributed by atoms with Crippen molar-refractivity contribution in [1.82, 2.24) is 9.88 Å². The summed E-state index contributed by atoms with van der Waals surface area (Å²) >= 11 is 0. The minimum atomic E-state index is -4.54. The van der Waals surface area contributed by atoms with Gasteiger partial charge in [-0.2, -0.15) is 13.2 Å². The summed E-state index contributed by atoms with van der Waals surface area (Å²) in [7, 11) is 3.00. The monoisotopic (exact) mass is 397 g/mol. The third kappa shape index (κ3) is 4.38. The largest absolute Gasteiger partial charge is 0.497 e. The van der Waals surface area contributed by atoms with Gasteiger partial charge in [0.15, 0.2) is 0 Å². The van der Waals surface area contributed by atoms with E-state index in [4.69, 9.17) is 14.2 Å². The Bertz CT molecular complexity index is 854. The first-order valence-corrected chi connectivity index (χ1v) is 8.28. The molecule has 2 amide bonds. The minimum absolute atomic E-state index is 0.0595. The zero-order valence-corrected chi connectivity index (χ0v) is 15.1. The van der Waals surface area contributed by atoms with Crippen LogP contribution in [0.3, 0.4) is 0 Å². The number of likely N-dealkylation sites (tertiary alicyclic amines) is 1. The quantitative estimate of drug-likeness (QED) is 0.837. The normalized spacial score (nSPS) is 14.2. The molecule has 0 spiro atoms. The number of hydrogen-bond acceptors (Lipinski definition) is 5. The molecular formula is C18H18F3N3O4. The fraction of sp³-hybridized carbons (Fsp3) is 0.333. The molecule has 7 nitrogen and oxygen atoms in total. The second-order valence-electron chi connectivity index (χ2n) is 6.02. The van der Waals surface area contributed by atoms with Gasteiger partial charge in [0.1, 0.15) is 29.0 Å². The molecule has 0 radical (unpaired) electrons. The third-order valence-corrected chi connectivity index (χ3v) is 4.11. The molecule has 0 unspecified atom stereocenters. The van der Waals surface area contributed by atoms with E-state index in [9.17, 15) is 18.0 Å². The fourth-order valence-electron chi connectivity index (χ4n) is 2.61. The van der Waals surface area contributed by atoms with Gasteiger partial charge in [0.05, 0.1) is 33.0 Å². The average molecular weight is 397 g/mol. The lowest BCUT2D eigenvalue weighted by Gasteiger charge is -2.38. The maximum Gasteiger partial charge on any atom is 0.433 e. The van der Waals surface area contributed by atoms with Crippen molar-refractivity contribution in [2.24, 2.45) is 0 Å². The van der Waals surface area contributed by atoms with Crippen LogP contribution < -0.4 is 19.5 Å². The van der Waals surface area contributed by atoms with Gasteiger partial charge in [-0.05, 0) is 18.2 Å². The standard InChI is InChI=1S/C18H18F3N3O4/c1-26-11-3-4-14(15(7-11)27-2)23-17(25)24-9-13(10-24)28-12-5-6-22-16(8-12)18(19,20)21/h3-8,13H,9-10H2,1-2H3,(H,23,25). The molecule has 2 aromatic rings. The third-order valence-electron chi connectivity index (χ3n) is 4.11. The number of rotatable bonds is 5. The van der Waals surface area contributed by atoms with Gasteiger partial charge in [-0.15, -0.1) is 0 Å². The van der Waals surface area contributed by atoms with E-state index in [1.54, 1.807) is 18.2 Å². The van der Waals surface area contributed by atoms with E-state index in [-0.39, 0.29) is 24.9 Å². The van der Waals surface area contributed by atoms with Gasteiger partial charge in [0.2, 0.25) is 0 Å². The topological polar surface area (TPSA) is 72.9 Å². The molecule has 1 aliphatic rings. The van der Waals surface area contributed by atoms with Gasteiger partial charge >= 0.3 is 12.2 Å². The number of amides is 2. The van der Waals surface area contributed by atoms with Gasteiger partial charge in [-0.3, -0.25) is 4.98 Å². The minimum Gasteiger partial charge on any atom is -0.497 e. The Hall–Kier alpha value is -3.17. The van der Waals surface area contributed by atoms with Crippen LogP contribution in [-0.4, -0.2) is 49.3 Å². The summed E-state index contributed by atoms with van der Waals surface area (Å²) < 4.78 is 53.9. The number of urea groups is 1. The number of nitrogens with one attached hydrogen (secondary N) is 1. The predicted molar refractivity (Wildman–Crippen MR) is 93.8 cm³/mol. The number of carbonyl (C=O) groups excluding carboxylic acids is 1. The molecular weight excluding hydrogens is 379 g/mol. The highest BCUT2D eigenvalue weighted by atomic mass is 19.4. The summed E-state index contributed by atoms with van der Waals surface area (Å²) in [6.45, 7) is 0.488. The van der Waals surface area contributed by atoms with Crippen LogP contribution >= 0.6 is 0 Å². The van der Waals surface area contributed by atoms with E-state index < -0.39 is 18.0 Å². The van der Waals surface area contributed by atoms with Gasteiger partial charge < -0.3 is 24.4 Å².